The SMILES string of the molecule is CCOC(=O)C1=CNNC1I. The van der Waals surface area contributed by atoms with E-state index in [2.05, 4.69) is 33.4 Å². The van der Waals surface area contributed by atoms with E-state index in [4.69, 9.17) is 4.74 Å². The standard InChI is InChI=1S/C6H9IN2O2/c1-2-11-6(10)4-3-8-9-5(4)7/h3,5,8-9H,2H2,1H3. The number of rotatable bonds is 2. The minimum absolute atomic E-state index is 0.00616. The number of esters is 1. The first kappa shape index (κ1) is 8.79. The molecule has 0 aromatic carbocycles. The maximum atomic E-state index is 11.1. The van der Waals surface area contributed by atoms with Crippen molar-refractivity contribution in [2.75, 3.05) is 6.61 Å². The third-order valence-corrected chi connectivity index (χ3v) is 2.20. The van der Waals surface area contributed by atoms with Crippen molar-refractivity contribution in [1.82, 2.24) is 10.9 Å². The monoisotopic (exact) mass is 268 g/mol. The van der Waals surface area contributed by atoms with E-state index < -0.39 is 0 Å². The molecule has 0 amide bonds. The molecule has 1 aliphatic rings. The van der Waals surface area contributed by atoms with Gasteiger partial charge in [-0.3, -0.25) is 0 Å². The van der Waals surface area contributed by atoms with Gasteiger partial charge >= 0.3 is 5.97 Å². The fourth-order valence-corrected chi connectivity index (χ4v) is 1.33. The van der Waals surface area contributed by atoms with E-state index in [1.807, 2.05) is 0 Å². The van der Waals surface area contributed by atoms with E-state index in [9.17, 15) is 4.79 Å². The lowest BCUT2D eigenvalue weighted by Crippen LogP contribution is -2.28. The summed E-state index contributed by atoms with van der Waals surface area (Å²) in [5.41, 5.74) is 6.23. The predicted molar refractivity (Wildman–Crippen MR) is 48.8 cm³/mol. The van der Waals surface area contributed by atoms with Crippen LogP contribution in [-0.2, 0) is 9.53 Å². The Labute approximate surface area is 78.5 Å². The average molecular weight is 268 g/mol. The number of halogens is 1. The van der Waals surface area contributed by atoms with E-state index in [-0.39, 0.29) is 10.0 Å². The highest BCUT2D eigenvalue weighted by molar-refractivity contribution is 14.1. The number of hydrogen-bond acceptors (Lipinski definition) is 4. The second kappa shape index (κ2) is 3.91. The van der Waals surface area contributed by atoms with Crippen molar-refractivity contribution in [3.05, 3.63) is 11.8 Å². The Morgan fingerprint density at radius 3 is 3.09 bits per heavy atom. The number of hydrazine groups is 1. The van der Waals surface area contributed by atoms with E-state index in [0.29, 0.717) is 12.2 Å². The third-order valence-electron chi connectivity index (χ3n) is 1.22. The van der Waals surface area contributed by atoms with Crippen molar-refractivity contribution in [1.29, 1.82) is 0 Å². The summed E-state index contributed by atoms with van der Waals surface area (Å²) in [6.45, 7) is 2.20. The smallest absolute Gasteiger partial charge is 0.338 e. The van der Waals surface area contributed by atoms with Crippen molar-refractivity contribution in [3.63, 3.8) is 0 Å². The molecule has 0 spiro atoms. The summed E-state index contributed by atoms with van der Waals surface area (Å²) < 4.78 is 4.81. The molecule has 1 aliphatic heterocycles. The largest absolute Gasteiger partial charge is 0.463 e. The van der Waals surface area contributed by atoms with Gasteiger partial charge in [-0.15, -0.1) is 0 Å². The minimum Gasteiger partial charge on any atom is -0.463 e. The molecule has 0 saturated carbocycles. The van der Waals surface area contributed by atoms with Crippen molar-refractivity contribution in [2.45, 2.75) is 11.0 Å². The lowest BCUT2D eigenvalue weighted by atomic mass is 10.3. The van der Waals surface area contributed by atoms with Crippen LogP contribution in [0, 0.1) is 0 Å². The fraction of sp³-hybridized carbons (Fsp3) is 0.500. The van der Waals surface area contributed by atoms with Crippen molar-refractivity contribution in [3.8, 4) is 0 Å². The molecule has 11 heavy (non-hydrogen) atoms. The topological polar surface area (TPSA) is 50.4 Å². The summed E-state index contributed by atoms with van der Waals surface area (Å²) in [5.74, 6) is -0.260. The van der Waals surface area contributed by atoms with Crippen molar-refractivity contribution < 1.29 is 9.53 Å². The fourth-order valence-electron chi connectivity index (χ4n) is 0.720. The van der Waals surface area contributed by atoms with Gasteiger partial charge in [-0.1, -0.05) is 22.6 Å². The molecule has 0 saturated heterocycles. The highest BCUT2D eigenvalue weighted by Crippen LogP contribution is 2.13. The van der Waals surface area contributed by atoms with Crippen LogP contribution < -0.4 is 10.9 Å². The van der Waals surface area contributed by atoms with E-state index >= 15 is 0 Å². The van der Waals surface area contributed by atoms with Crippen LogP contribution in [0.25, 0.3) is 0 Å². The zero-order valence-electron chi connectivity index (χ0n) is 6.06. The van der Waals surface area contributed by atoms with Gasteiger partial charge in [0.2, 0.25) is 0 Å². The lowest BCUT2D eigenvalue weighted by Gasteiger charge is -2.04. The van der Waals surface area contributed by atoms with Crippen molar-refractivity contribution >= 4 is 28.6 Å². The first-order valence-corrected chi connectivity index (χ1v) is 4.52. The molecule has 0 fully saturated rings. The molecule has 0 bridgehead atoms. The molecule has 0 aromatic heterocycles. The molecule has 0 aliphatic carbocycles. The number of ether oxygens (including phenoxy) is 1. The number of hydrogen-bond donors (Lipinski definition) is 2. The Kier molecular flexibility index (Phi) is 3.13. The van der Waals surface area contributed by atoms with Crippen molar-refractivity contribution in [2.24, 2.45) is 0 Å². The Morgan fingerprint density at radius 2 is 2.64 bits per heavy atom. The predicted octanol–water partition coefficient (Wildman–Crippen LogP) is 0.302. The Hall–Kier alpha value is -0.300. The Morgan fingerprint density at radius 1 is 1.91 bits per heavy atom. The molecular formula is C6H9IN2O2. The highest BCUT2D eigenvalue weighted by Gasteiger charge is 2.22. The quantitative estimate of drug-likeness (QED) is 0.327. The molecule has 5 heteroatoms. The number of carbonyl (C=O) groups excluding carboxylic acids is 1. The summed E-state index contributed by atoms with van der Waals surface area (Å²) >= 11 is 2.11. The van der Waals surface area contributed by atoms with Gasteiger partial charge in [-0.05, 0) is 6.92 Å². The number of carbonyl (C=O) groups is 1. The summed E-state index contributed by atoms with van der Waals surface area (Å²) in [6.07, 6.45) is 1.62. The highest BCUT2D eigenvalue weighted by atomic mass is 127. The summed E-state index contributed by atoms with van der Waals surface area (Å²) in [6, 6.07) is 0. The van der Waals surface area contributed by atoms with Gasteiger partial charge < -0.3 is 10.2 Å². The molecule has 1 heterocycles. The van der Waals surface area contributed by atoms with Gasteiger partial charge in [0.1, 0.15) is 4.05 Å². The molecule has 1 atom stereocenters. The Balaban J connectivity index is 2.52. The molecule has 0 aromatic rings. The van der Waals surface area contributed by atoms with E-state index in [1.165, 1.54) is 0 Å². The van der Waals surface area contributed by atoms with E-state index in [0.717, 1.165) is 0 Å². The van der Waals surface area contributed by atoms with E-state index in [1.54, 1.807) is 13.1 Å². The molecule has 62 valence electrons. The molecule has 0 radical (unpaired) electrons. The van der Waals surface area contributed by atoms with Crippen LogP contribution in [0.1, 0.15) is 6.92 Å². The lowest BCUT2D eigenvalue weighted by molar-refractivity contribution is -0.138. The number of nitrogens with one attached hydrogen (secondary N) is 2. The normalized spacial score (nSPS) is 22.4. The van der Waals surface area contributed by atoms with Crippen LogP contribution in [0.5, 0.6) is 0 Å². The maximum Gasteiger partial charge on any atom is 0.338 e. The molecular weight excluding hydrogens is 259 g/mol. The molecule has 4 nitrogen and oxygen atoms in total. The maximum absolute atomic E-state index is 11.1. The summed E-state index contributed by atoms with van der Waals surface area (Å²) in [4.78, 5) is 11.1. The van der Waals surface area contributed by atoms with Gasteiger partial charge in [0.25, 0.3) is 0 Å². The molecule has 1 unspecified atom stereocenters. The first-order valence-electron chi connectivity index (χ1n) is 3.28. The summed E-state index contributed by atoms with van der Waals surface area (Å²) in [7, 11) is 0. The third kappa shape index (κ3) is 2.06. The Bertz CT molecular complexity index is 193. The minimum atomic E-state index is -0.260. The van der Waals surface area contributed by atoms with Gasteiger partial charge in [0.05, 0.1) is 12.2 Å². The van der Waals surface area contributed by atoms with Crippen LogP contribution in [0.15, 0.2) is 11.8 Å². The first-order chi connectivity index (χ1) is 5.25. The average Bonchev–Trinajstić information content (AvgIpc) is 2.36. The second-order valence-corrected chi connectivity index (χ2v) is 3.22. The summed E-state index contributed by atoms with van der Waals surface area (Å²) in [5, 5.41) is 0. The van der Waals surface area contributed by atoms with Crippen LogP contribution in [0.3, 0.4) is 0 Å². The zero-order chi connectivity index (χ0) is 8.27. The van der Waals surface area contributed by atoms with Crippen LogP contribution >= 0.6 is 22.6 Å². The molecule has 1 rings (SSSR count). The van der Waals surface area contributed by atoms with Gasteiger partial charge in [0.15, 0.2) is 0 Å². The van der Waals surface area contributed by atoms with Gasteiger partial charge in [-0.25, -0.2) is 10.2 Å². The zero-order valence-corrected chi connectivity index (χ0v) is 8.21. The van der Waals surface area contributed by atoms with Crippen LogP contribution in [0.4, 0.5) is 0 Å². The van der Waals surface area contributed by atoms with Crippen LogP contribution in [-0.4, -0.2) is 16.6 Å². The van der Waals surface area contributed by atoms with Gasteiger partial charge in [-0.2, -0.15) is 0 Å². The van der Waals surface area contributed by atoms with Crippen LogP contribution in [0.2, 0.25) is 0 Å². The van der Waals surface area contributed by atoms with Gasteiger partial charge in [0, 0.05) is 6.20 Å². The second-order valence-electron chi connectivity index (χ2n) is 1.97. The number of alkyl halides is 1. The molecule has 2 N–H and O–H groups in total.